The molecule has 1 amide bonds. The Morgan fingerprint density at radius 1 is 1.39 bits per heavy atom. The maximum Gasteiger partial charge on any atom is 0.244 e. The maximum absolute atomic E-state index is 11.9. The van der Waals surface area contributed by atoms with E-state index < -0.39 is 0 Å². The molecule has 1 fully saturated rings. The molecule has 0 aromatic heterocycles. The quantitative estimate of drug-likeness (QED) is 0.833. The van der Waals surface area contributed by atoms with Gasteiger partial charge in [-0.1, -0.05) is 12.1 Å². The number of nitriles is 1. The van der Waals surface area contributed by atoms with Gasteiger partial charge in [-0.15, -0.1) is 0 Å². The molecule has 1 aromatic rings. The predicted octanol–water partition coefficient (Wildman–Crippen LogP) is 1.32. The molecular weight excluding hydrogens is 288 g/mol. The summed E-state index contributed by atoms with van der Waals surface area (Å²) in [6.07, 6.45) is 3.25. The molecule has 122 valence electrons. The first kappa shape index (κ1) is 17.2. The molecule has 0 bridgehead atoms. The number of hydrogen-bond donors (Lipinski definition) is 1. The third-order valence-corrected chi connectivity index (χ3v) is 4.18. The minimum atomic E-state index is -0.103. The minimum absolute atomic E-state index is 0.103. The summed E-state index contributed by atoms with van der Waals surface area (Å²) in [5.74, 6) is -0.103. The fraction of sp³-hybridized carbons (Fsp3) is 0.444. The molecule has 0 spiro atoms. The van der Waals surface area contributed by atoms with Crippen molar-refractivity contribution < 1.29 is 4.79 Å². The summed E-state index contributed by atoms with van der Waals surface area (Å²) in [5, 5.41) is 11.8. The van der Waals surface area contributed by atoms with E-state index in [9.17, 15) is 4.79 Å². The molecule has 0 aliphatic carbocycles. The van der Waals surface area contributed by atoms with E-state index in [2.05, 4.69) is 35.2 Å². The average Bonchev–Trinajstić information content (AvgIpc) is 2.58. The summed E-state index contributed by atoms with van der Waals surface area (Å²) in [6.45, 7) is 7.03. The zero-order valence-electron chi connectivity index (χ0n) is 13.8. The van der Waals surface area contributed by atoms with Gasteiger partial charge >= 0.3 is 0 Å². The molecule has 5 heteroatoms. The largest absolute Gasteiger partial charge is 0.351 e. The van der Waals surface area contributed by atoms with Crippen LogP contribution in [0.15, 0.2) is 30.3 Å². The number of benzene rings is 1. The van der Waals surface area contributed by atoms with E-state index in [4.69, 9.17) is 5.26 Å². The number of likely N-dealkylation sites (N-methyl/N-ethyl adjacent to an activating group) is 1. The lowest BCUT2D eigenvalue weighted by atomic mass is 10.1. The summed E-state index contributed by atoms with van der Waals surface area (Å²) >= 11 is 0. The molecule has 1 heterocycles. The molecule has 1 aliphatic heterocycles. The van der Waals surface area contributed by atoms with Gasteiger partial charge in [-0.05, 0) is 37.7 Å². The second kappa shape index (κ2) is 8.47. The van der Waals surface area contributed by atoms with Gasteiger partial charge < -0.3 is 10.2 Å². The highest BCUT2D eigenvalue weighted by Crippen LogP contribution is 2.06. The molecule has 0 radical (unpaired) electrons. The van der Waals surface area contributed by atoms with E-state index in [1.165, 1.54) is 6.08 Å². The summed E-state index contributed by atoms with van der Waals surface area (Å²) in [4.78, 5) is 16.6. The molecule has 1 atom stereocenters. The Bertz CT molecular complexity index is 597. The Kier molecular flexibility index (Phi) is 6.33. The SMILES string of the molecule is C[C@H](CNC(=O)/C=C/c1cccc(C#N)c1)N1CCN(C)CC1. The van der Waals surface area contributed by atoms with Crippen LogP contribution in [0.2, 0.25) is 0 Å². The summed E-state index contributed by atoms with van der Waals surface area (Å²) in [7, 11) is 2.13. The van der Waals surface area contributed by atoms with Crippen LogP contribution in [0.5, 0.6) is 0 Å². The van der Waals surface area contributed by atoms with Crippen LogP contribution in [-0.4, -0.2) is 61.5 Å². The zero-order chi connectivity index (χ0) is 16.7. The van der Waals surface area contributed by atoms with Gasteiger partial charge in [-0.2, -0.15) is 5.26 Å². The van der Waals surface area contributed by atoms with E-state index in [0.29, 0.717) is 18.2 Å². The number of hydrogen-bond acceptors (Lipinski definition) is 4. The first-order valence-corrected chi connectivity index (χ1v) is 7.97. The summed E-state index contributed by atoms with van der Waals surface area (Å²) < 4.78 is 0. The highest BCUT2D eigenvalue weighted by Gasteiger charge is 2.18. The van der Waals surface area contributed by atoms with Crippen molar-refractivity contribution in [3.8, 4) is 6.07 Å². The number of nitrogens with one attached hydrogen (secondary N) is 1. The standard InChI is InChI=1S/C18H24N4O/c1-15(22-10-8-21(2)9-11-22)14-20-18(23)7-6-16-4-3-5-17(12-16)13-19/h3-7,12,15H,8-11,14H2,1-2H3,(H,20,23)/b7-6+/t15-/m1/s1. The molecule has 0 saturated carbocycles. The van der Waals surface area contributed by atoms with Gasteiger partial charge in [0.25, 0.3) is 0 Å². The second-order valence-electron chi connectivity index (χ2n) is 6.00. The van der Waals surface area contributed by atoms with Crippen LogP contribution in [0.25, 0.3) is 6.08 Å². The predicted molar refractivity (Wildman–Crippen MR) is 91.7 cm³/mol. The number of carbonyl (C=O) groups excluding carboxylic acids is 1. The molecule has 2 rings (SSSR count). The lowest BCUT2D eigenvalue weighted by Gasteiger charge is -2.36. The van der Waals surface area contributed by atoms with Gasteiger partial charge in [-0.3, -0.25) is 9.69 Å². The fourth-order valence-corrected chi connectivity index (χ4v) is 2.58. The number of piperazine rings is 1. The molecular formula is C18H24N4O. The molecule has 1 aliphatic rings. The van der Waals surface area contributed by atoms with E-state index in [1.807, 2.05) is 12.1 Å². The minimum Gasteiger partial charge on any atom is -0.351 e. The van der Waals surface area contributed by atoms with E-state index >= 15 is 0 Å². The normalized spacial score (nSPS) is 17.8. The molecule has 1 saturated heterocycles. The molecule has 23 heavy (non-hydrogen) atoms. The van der Waals surface area contributed by atoms with E-state index in [1.54, 1.807) is 18.2 Å². The number of rotatable bonds is 5. The number of nitrogens with zero attached hydrogens (tertiary/aromatic N) is 3. The van der Waals surface area contributed by atoms with Crippen molar-refractivity contribution >= 4 is 12.0 Å². The summed E-state index contributed by atoms with van der Waals surface area (Å²) in [5.41, 5.74) is 1.45. The van der Waals surface area contributed by atoms with Crippen molar-refractivity contribution in [1.82, 2.24) is 15.1 Å². The Morgan fingerprint density at radius 3 is 2.83 bits per heavy atom. The maximum atomic E-state index is 11.9. The van der Waals surface area contributed by atoms with Crippen LogP contribution in [-0.2, 0) is 4.79 Å². The lowest BCUT2D eigenvalue weighted by Crippen LogP contribution is -2.51. The van der Waals surface area contributed by atoms with Crippen molar-refractivity contribution in [2.24, 2.45) is 0 Å². The van der Waals surface area contributed by atoms with Crippen LogP contribution < -0.4 is 5.32 Å². The molecule has 1 aromatic carbocycles. The number of carbonyl (C=O) groups is 1. The molecule has 0 unspecified atom stereocenters. The van der Waals surface area contributed by atoms with Gasteiger partial charge in [0.05, 0.1) is 11.6 Å². The summed E-state index contributed by atoms with van der Waals surface area (Å²) in [6, 6.07) is 9.62. The van der Waals surface area contributed by atoms with Crippen LogP contribution in [0.3, 0.4) is 0 Å². The van der Waals surface area contributed by atoms with Crippen molar-refractivity contribution in [1.29, 1.82) is 5.26 Å². The van der Waals surface area contributed by atoms with Gasteiger partial charge in [-0.25, -0.2) is 0 Å². The highest BCUT2D eigenvalue weighted by atomic mass is 16.1. The van der Waals surface area contributed by atoms with Crippen molar-refractivity contribution in [2.75, 3.05) is 39.8 Å². The topological polar surface area (TPSA) is 59.4 Å². The molecule has 5 nitrogen and oxygen atoms in total. The van der Waals surface area contributed by atoms with Crippen LogP contribution in [0, 0.1) is 11.3 Å². The first-order valence-electron chi connectivity index (χ1n) is 7.97. The van der Waals surface area contributed by atoms with Gasteiger partial charge in [0.2, 0.25) is 5.91 Å². The van der Waals surface area contributed by atoms with Gasteiger partial charge in [0.15, 0.2) is 0 Å². The van der Waals surface area contributed by atoms with Gasteiger partial charge in [0, 0.05) is 44.8 Å². The monoisotopic (exact) mass is 312 g/mol. The third kappa shape index (κ3) is 5.51. The lowest BCUT2D eigenvalue weighted by molar-refractivity contribution is -0.116. The molecule has 1 N–H and O–H groups in total. The Labute approximate surface area is 138 Å². The Hall–Kier alpha value is -2.16. The van der Waals surface area contributed by atoms with Crippen molar-refractivity contribution in [3.05, 3.63) is 41.5 Å². The van der Waals surface area contributed by atoms with Crippen LogP contribution in [0.1, 0.15) is 18.1 Å². The van der Waals surface area contributed by atoms with Crippen molar-refractivity contribution in [2.45, 2.75) is 13.0 Å². The van der Waals surface area contributed by atoms with Crippen LogP contribution in [0.4, 0.5) is 0 Å². The highest BCUT2D eigenvalue weighted by molar-refractivity contribution is 5.91. The van der Waals surface area contributed by atoms with Crippen molar-refractivity contribution in [3.63, 3.8) is 0 Å². The third-order valence-electron chi connectivity index (χ3n) is 4.18. The second-order valence-corrected chi connectivity index (χ2v) is 6.00. The number of amides is 1. The Morgan fingerprint density at radius 2 is 2.13 bits per heavy atom. The zero-order valence-corrected chi connectivity index (χ0v) is 13.8. The Balaban J connectivity index is 1.78. The fourth-order valence-electron chi connectivity index (χ4n) is 2.58. The van der Waals surface area contributed by atoms with E-state index in [0.717, 1.165) is 31.7 Å². The van der Waals surface area contributed by atoms with E-state index in [-0.39, 0.29) is 5.91 Å². The average molecular weight is 312 g/mol. The smallest absolute Gasteiger partial charge is 0.244 e. The first-order chi connectivity index (χ1) is 11.1. The van der Waals surface area contributed by atoms with Crippen LogP contribution >= 0.6 is 0 Å². The van der Waals surface area contributed by atoms with Gasteiger partial charge in [0.1, 0.15) is 0 Å².